The molecule has 2 rings (SSSR count). The SMILES string of the molecule is CCc1ccc(CNC2CCC(C(F)(F)F)CC2)cc1. The molecule has 1 aromatic rings. The molecule has 0 aliphatic heterocycles. The van der Waals surface area contributed by atoms with Gasteiger partial charge in [0.15, 0.2) is 0 Å². The number of hydrogen-bond donors (Lipinski definition) is 1. The van der Waals surface area contributed by atoms with Crippen LogP contribution in [0.25, 0.3) is 0 Å². The molecule has 112 valence electrons. The highest BCUT2D eigenvalue weighted by molar-refractivity contribution is 5.22. The molecule has 0 atom stereocenters. The summed E-state index contributed by atoms with van der Waals surface area (Å²) in [7, 11) is 0. The molecule has 1 aliphatic rings. The summed E-state index contributed by atoms with van der Waals surface area (Å²) in [5.74, 6) is -1.09. The fraction of sp³-hybridized carbons (Fsp3) is 0.625. The number of benzene rings is 1. The minimum absolute atomic E-state index is 0.222. The molecule has 0 bridgehead atoms. The zero-order valence-corrected chi connectivity index (χ0v) is 11.8. The van der Waals surface area contributed by atoms with Crippen LogP contribution in [0.3, 0.4) is 0 Å². The molecular formula is C16H22F3N. The van der Waals surface area contributed by atoms with Crippen molar-refractivity contribution < 1.29 is 13.2 Å². The van der Waals surface area contributed by atoms with Gasteiger partial charge in [-0.15, -0.1) is 0 Å². The molecule has 0 amide bonds. The number of hydrogen-bond acceptors (Lipinski definition) is 1. The molecule has 1 saturated carbocycles. The van der Waals surface area contributed by atoms with Crippen molar-refractivity contribution in [2.24, 2.45) is 5.92 Å². The van der Waals surface area contributed by atoms with E-state index in [1.54, 1.807) is 0 Å². The number of aryl methyl sites for hydroxylation is 1. The van der Waals surface area contributed by atoms with Crippen molar-refractivity contribution >= 4 is 0 Å². The molecular weight excluding hydrogens is 263 g/mol. The number of alkyl halides is 3. The monoisotopic (exact) mass is 285 g/mol. The molecule has 0 aromatic heterocycles. The first kappa shape index (κ1) is 15.4. The van der Waals surface area contributed by atoms with Gasteiger partial charge in [0, 0.05) is 12.6 Å². The first-order valence-corrected chi connectivity index (χ1v) is 7.37. The quantitative estimate of drug-likeness (QED) is 0.861. The number of halogens is 3. The predicted octanol–water partition coefficient (Wildman–Crippen LogP) is 4.46. The summed E-state index contributed by atoms with van der Waals surface area (Å²) in [6, 6.07) is 8.62. The Hall–Kier alpha value is -1.03. The van der Waals surface area contributed by atoms with Crippen LogP contribution in [-0.4, -0.2) is 12.2 Å². The van der Waals surface area contributed by atoms with Crippen LogP contribution in [-0.2, 0) is 13.0 Å². The summed E-state index contributed by atoms with van der Waals surface area (Å²) in [6.45, 7) is 2.86. The standard InChI is InChI=1S/C16H22F3N/c1-2-12-3-5-13(6-4-12)11-20-15-9-7-14(8-10-15)16(17,18)19/h3-6,14-15,20H,2,7-11H2,1H3. The average molecular weight is 285 g/mol. The Morgan fingerprint density at radius 1 is 1.00 bits per heavy atom. The Morgan fingerprint density at radius 2 is 1.55 bits per heavy atom. The van der Waals surface area contributed by atoms with Crippen LogP contribution < -0.4 is 5.32 Å². The van der Waals surface area contributed by atoms with Crippen LogP contribution in [0.5, 0.6) is 0 Å². The zero-order valence-electron chi connectivity index (χ0n) is 11.8. The summed E-state index contributed by atoms with van der Waals surface area (Å²) in [4.78, 5) is 0. The van der Waals surface area contributed by atoms with Crippen LogP contribution in [0.15, 0.2) is 24.3 Å². The lowest BCUT2D eigenvalue weighted by Crippen LogP contribution is -2.36. The largest absolute Gasteiger partial charge is 0.391 e. The zero-order chi connectivity index (χ0) is 14.6. The van der Waals surface area contributed by atoms with Gasteiger partial charge in [-0.2, -0.15) is 13.2 Å². The average Bonchev–Trinajstić information content (AvgIpc) is 2.45. The molecule has 1 N–H and O–H groups in total. The van der Waals surface area contributed by atoms with Crippen LogP contribution >= 0.6 is 0 Å². The van der Waals surface area contributed by atoms with E-state index in [0.29, 0.717) is 12.8 Å². The van der Waals surface area contributed by atoms with E-state index in [0.717, 1.165) is 13.0 Å². The van der Waals surface area contributed by atoms with Gasteiger partial charge < -0.3 is 5.32 Å². The predicted molar refractivity (Wildman–Crippen MR) is 74.5 cm³/mol. The van der Waals surface area contributed by atoms with Gasteiger partial charge in [0.25, 0.3) is 0 Å². The molecule has 1 aliphatic carbocycles. The summed E-state index contributed by atoms with van der Waals surface area (Å²) < 4.78 is 37.7. The molecule has 1 fully saturated rings. The van der Waals surface area contributed by atoms with Crippen molar-refractivity contribution in [2.45, 2.75) is 57.8 Å². The van der Waals surface area contributed by atoms with Crippen LogP contribution in [0.1, 0.15) is 43.7 Å². The van der Waals surface area contributed by atoms with E-state index in [-0.39, 0.29) is 18.9 Å². The summed E-state index contributed by atoms with van der Waals surface area (Å²) in [5, 5.41) is 3.38. The summed E-state index contributed by atoms with van der Waals surface area (Å²) >= 11 is 0. The lowest BCUT2D eigenvalue weighted by molar-refractivity contribution is -0.182. The number of nitrogens with one attached hydrogen (secondary N) is 1. The highest BCUT2D eigenvalue weighted by Crippen LogP contribution is 2.37. The molecule has 4 heteroatoms. The second-order valence-corrected chi connectivity index (χ2v) is 5.64. The molecule has 0 spiro atoms. The Labute approximate surface area is 118 Å². The van der Waals surface area contributed by atoms with Gasteiger partial charge in [0.1, 0.15) is 0 Å². The summed E-state index contributed by atoms with van der Waals surface area (Å²) in [6.07, 6.45) is -1.23. The van der Waals surface area contributed by atoms with E-state index >= 15 is 0 Å². The maximum absolute atomic E-state index is 12.6. The van der Waals surface area contributed by atoms with Gasteiger partial charge in [-0.3, -0.25) is 0 Å². The second-order valence-electron chi connectivity index (χ2n) is 5.64. The van der Waals surface area contributed by atoms with E-state index in [9.17, 15) is 13.2 Å². The van der Waals surface area contributed by atoms with Crippen molar-refractivity contribution in [1.29, 1.82) is 0 Å². The van der Waals surface area contributed by atoms with Crippen LogP contribution in [0, 0.1) is 5.92 Å². The molecule has 0 unspecified atom stereocenters. The maximum atomic E-state index is 12.6. The minimum Gasteiger partial charge on any atom is -0.310 e. The van der Waals surface area contributed by atoms with Gasteiger partial charge in [0.2, 0.25) is 0 Å². The third-order valence-electron chi connectivity index (χ3n) is 4.22. The van der Waals surface area contributed by atoms with Gasteiger partial charge >= 0.3 is 6.18 Å². The van der Waals surface area contributed by atoms with Crippen molar-refractivity contribution in [3.8, 4) is 0 Å². The third-order valence-corrected chi connectivity index (χ3v) is 4.22. The van der Waals surface area contributed by atoms with Crippen molar-refractivity contribution in [3.05, 3.63) is 35.4 Å². The van der Waals surface area contributed by atoms with Gasteiger partial charge in [-0.05, 0) is 43.2 Å². The van der Waals surface area contributed by atoms with Crippen molar-refractivity contribution in [3.63, 3.8) is 0 Å². The minimum atomic E-state index is -4.01. The van der Waals surface area contributed by atoms with Crippen molar-refractivity contribution in [1.82, 2.24) is 5.32 Å². The lowest BCUT2D eigenvalue weighted by Gasteiger charge is -2.30. The van der Waals surface area contributed by atoms with E-state index in [2.05, 4.69) is 36.5 Å². The maximum Gasteiger partial charge on any atom is 0.391 e. The van der Waals surface area contributed by atoms with E-state index in [1.807, 2.05) is 0 Å². The molecule has 1 aromatic carbocycles. The Kier molecular flexibility index (Phi) is 5.08. The molecule has 0 heterocycles. The Balaban J connectivity index is 1.75. The fourth-order valence-corrected chi connectivity index (χ4v) is 2.78. The van der Waals surface area contributed by atoms with Crippen LogP contribution in [0.2, 0.25) is 0 Å². The van der Waals surface area contributed by atoms with E-state index < -0.39 is 12.1 Å². The normalized spacial score (nSPS) is 23.8. The second kappa shape index (κ2) is 6.61. The molecule has 1 nitrogen and oxygen atoms in total. The lowest BCUT2D eigenvalue weighted by atomic mass is 9.85. The molecule has 0 radical (unpaired) electrons. The van der Waals surface area contributed by atoms with E-state index in [4.69, 9.17) is 0 Å². The first-order valence-electron chi connectivity index (χ1n) is 7.37. The van der Waals surface area contributed by atoms with Crippen LogP contribution in [0.4, 0.5) is 13.2 Å². The fourth-order valence-electron chi connectivity index (χ4n) is 2.78. The smallest absolute Gasteiger partial charge is 0.310 e. The Morgan fingerprint density at radius 3 is 2.05 bits per heavy atom. The van der Waals surface area contributed by atoms with Gasteiger partial charge in [-0.1, -0.05) is 31.2 Å². The molecule has 20 heavy (non-hydrogen) atoms. The van der Waals surface area contributed by atoms with E-state index in [1.165, 1.54) is 11.1 Å². The topological polar surface area (TPSA) is 12.0 Å². The highest BCUT2D eigenvalue weighted by Gasteiger charge is 2.41. The highest BCUT2D eigenvalue weighted by atomic mass is 19.4. The number of rotatable bonds is 4. The first-order chi connectivity index (χ1) is 9.49. The van der Waals surface area contributed by atoms with Gasteiger partial charge in [0.05, 0.1) is 5.92 Å². The Bertz CT molecular complexity index is 403. The third kappa shape index (κ3) is 4.23. The van der Waals surface area contributed by atoms with Gasteiger partial charge in [-0.25, -0.2) is 0 Å². The molecule has 0 saturated heterocycles. The summed E-state index contributed by atoms with van der Waals surface area (Å²) in [5.41, 5.74) is 2.50. The van der Waals surface area contributed by atoms with Crippen molar-refractivity contribution in [2.75, 3.05) is 0 Å².